The smallest absolute Gasteiger partial charge is 0.233 e. The van der Waals surface area contributed by atoms with Crippen LogP contribution in [0.15, 0.2) is 66.3 Å². The van der Waals surface area contributed by atoms with Crippen LogP contribution in [0.4, 0.5) is 0 Å². The number of nitro groups is 1. The second kappa shape index (κ2) is 6.73. The van der Waals surface area contributed by atoms with Crippen molar-refractivity contribution in [2.24, 2.45) is 11.3 Å². The molecule has 1 aromatic carbocycles. The Bertz CT molecular complexity index is 689. The zero-order valence-corrected chi connectivity index (χ0v) is 14.3. The van der Waals surface area contributed by atoms with Gasteiger partial charge in [0.1, 0.15) is 0 Å². The van der Waals surface area contributed by atoms with E-state index in [9.17, 15) is 10.1 Å². The van der Waals surface area contributed by atoms with Gasteiger partial charge in [-0.25, -0.2) is 0 Å². The van der Waals surface area contributed by atoms with Crippen LogP contribution in [0.1, 0.15) is 19.4 Å². The highest BCUT2D eigenvalue weighted by atomic mass is 16.6. The molecule has 0 bridgehead atoms. The molecule has 1 fully saturated rings. The number of allylic oxidation sites excluding steroid dienone is 5. The van der Waals surface area contributed by atoms with E-state index in [4.69, 9.17) is 0 Å². The number of rotatable bonds is 4. The quantitative estimate of drug-likeness (QED) is 0.624. The van der Waals surface area contributed by atoms with Gasteiger partial charge in [-0.05, 0) is 11.1 Å². The fourth-order valence-corrected chi connectivity index (χ4v) is 3.45. The van der Waals surface area contributed by atoms with Crippen LogP contribution in [0.3, 0.4) is 0 Å². The lowest BCUT2D eigenvalue weighted by Crippen LogP contribution is -2.29. The molecule has 0 N–H and O–H groups in total. The third-order valence-corrected chi connectivity index (χ3v) is 4.83. The summed E-state index contributed by atoms with van der Waals surface area (Å²) in [5, 5.41) is 11.6. The summed E-state index contributed by atoms with van der Waals surface area (Å²) in [5.41, 5.74) is 2.26. The highest BCUT2D eigenvalue weighted by Crippen LogP contribution is 2.31. The fraction of sp³-hybridized carbons (Fsp3) is 0.400. The van der Waals surface area contributed by atoms with Gasteiger partial charge < -0.3 is 0 Å². The monoisotopic (exact) mass is 324 g/mol. The van der Waals surface area contributed by atoms with Crippen molar-refractivity contribution in [1.82, 2.24) is 4.90 Å². The molecule has 0 aromatic heterocycles. The average Bonchev–Trinajstić information content (AvgIpc) is 2.86. The highest BCUT2D eigenvalue weighted by Gasteiger charge is 2.42. The van der Waals surface area contributed by atoms with Crippen molar-refractivity contribution in [3.63, 3.8) is 0 Å². The Kier molecular flexibility index (Phi) is 4.67. The summed E-state index contributed by atoms with van der Waals surface area (Å²) in [6.45, 7) is 6.27. The van der Waals surface area contributed by atoms with Gasteiger partial charge in [0.05, 0.1) is 12.5 Å². The molecular weight excluding hydrogens is 300 g/mol. The lowest BCUT2D eigenvalue weighted by atomic mass is 9.90. The third kappa shape index (κ3) is 3.82. The van der Waals surface area contributed by atoms with E-state index in [1.165, 1.54) is 5.56 Å². The van der Waals surface area contributed by atoms with Crippen molar-refractivity contribution >= 4 is 0 Å². The van der Waals surface area contributed by atoms with E-state index in [1.54, 1.807) is 0 Å². The molecule has 2 atom stereocenters. The van der Waals surface area contributed by atoms with E-state index in [1.807, 2.05) is 30.4 Å². The lowest BCUT2D eigenvalue weighted by molar-refractivity contribution is -0.524. The Morgan fingerprint density at radius 3 is 2.67 bits per heavy atom. The van der Waals surface area contributed by atoms with Gasteiger partial charge in [-0.3, -0.25) is 15.0 Å². The van der Waals surface area contributed by atoms with Crippen molar-refractivity contribution in [2.75, 3.05) is 13.1 Å². The summed E-state index contributed by atoms with van der Waals surface area (Å²) in [6, 6.07) is 9.62. The van der Waals surface area contributed by atoms with Gasteiger partial charge in [-0.2, -0.15) is 0 Å². The van der Waals surface area contributed by atoms with E-state index in [-0.39, 0.29) is 16.3 Å². The SMILES string of the molecule is CC1(C)C=CC=C([C@@H]2CN(Cc3ccccc3)C[C@H]2[N+](=O)[O-])C=C1. The molecule has 0 spiro atoms. The summed E-state index contributed by atoms with van der Waals surface area (Å²) in [6.07, 6.45) is 10.4. The minimum atomic E-state index is -0.542. The molecule has 0 radical (unpaired) electrons. The number of hydrogen-bond acceptors (Lipinski definition) is 3. The molecule has 1 aliphatic heterocycles. The maximum absolute atomic E-state index is 11.6. The Balaban J connectivity index is 1.78. The summed E-state index contributed by atoms with van der Waals surface area (Å²) in [7, 11) is 0. The van der Waals surface area contributed by atoms with Crippen LogP contribution in [0.25, 0.3) is 0 Å². The molecule has 126 valence electrons. The predicted octanol–water partition coefficient (Wildman–Crippen LogP) is 3.84. The van der Waals surface area contributed by atoms with Crippen LogP contribution >= 0.6 is 0 Å². The first-order valence-corrected chi connectivity index (χ1v) is 8.43. The van der Waals surface area contributed by atoms with Crippen molar-refractivity contribution < 1.29 is 4.92 Å². The Labute approximate surface area is 143 Å². The number of benzene rings is 1. The first-order valence-electron chi connectivity index (χ1n) is 8.43. The van der Waals surface area contributed by atoms with Crippen molar-refractivity contribution in [3.05, 3.63) is 82.0 Å². The molecule has 1 aliphatic carbocycles. The molecule has 2 aliphatic rings. The van der Waals surface area contributed by atoms with Gasteiger partial charge in [0.15, 0.2) is 0 Å². The minimum absolute atomic E-state index is 0.00923. The van der Waals surface area contributed by atoms with E-state index in [2.05, 4.69) is 49.1 Å². The van der Waals surface area contributed by atoms with Crippen LogP contribution in [-0.2, 0) is 6.54 Å². The second-order valence-electron chi connectivity index (χ2n) is 7.32. The summed E-state index contributed by atoms with van der Waals surface area (Å²) >= 11 is 0. The molecule has 0 amide bonds. The Morgan fingerprint density at radius 2 is 1.96 bits per heavy atom. The number of likely N-dealkylation sites (tertiary alicyclic amines) is 1. The largest absolute Gasteiger partial charge is 0.292 e. The molecule has 1 saturated heterocycles. The molecule has 0 saturated carbocycles. The van der Waals surface area contributed by atoms with Crippen molar-refractivity contribution in [1.29, 1.82) is 0 Å². The van der Waals surface area contributed by atoms with Crippen LogP contribution < -0.4 is 0 Å². The molecule has 4 nitrogen and oxygen atoms in total. The zero-order valence-electron chi connectivity index (χ0n) is 14.3. The van der Waals surface area contributed by atoms with Crippen LogP contribution in [0.5, 0.6) is 0 Å². The maximum atomic E-state index is 11.6. The average molecular weight is 324 g/mol. The van der Waals surface area contributed by atoms with Crippen LogP contribution in [0.2, 0.25) is 0 Å². The summed E-state index contributed by atoms with van der Waals surface area (Å²) in [4.78, 5) is 13.7. The maximum Gasteiger partial charge on any atom is 0.233 e. The van der Waals surface area contributed by atoms with Crippen LogP contribution in [-0.4, -0.2) is 29.0 Å². The highest BCUT2D eigenvalue weighted by molar-refractivity contribution is 5.34. The number of hydrogen-bond donors (Lipinski definition) is 0. The van der Waals surface area contributed by atoms with Gasteiger partial charge in [-0.15, -0.1) is 0 Å². The molecule has 0 unspecified atom stereocenters. The van der Waals surface area contributed by atoms with Gasteiger partial charge in [-0.1, -0.05) is 74.6 Å². The normalized spacial score (nSPS) is 26.2. The van der Waals surface area contributed by atoms with Crippen molar-refractivity contribution in [2.45, 2.75) is 26.4 Å². The number of nitrogens with zero attached hydrogens (tertiary/aromatic N) is 2. The van der Waals surface area contributed by atoms with E-state index < -0.39 is 6.04 Å². The first-order chi connectivity index (χ1) is 11.4. The van der Waals surface area contributed by atoms with Gasteiger partial charge in [0, 0.05) is 23.4 Å². The standard InChI is InChI=1S/C20H24N2O2/c1-20(2)11-6-9-17(10-12-20)18-14-21(15-19(18)22(23)24)13-16-7-4-3-5-8-16/h3-12,18-19H,13-15H2,1-2H3/t18-,19+/m0/s1. The predicted molar refractivity (Wildman–Crippen MR) is 96.1 cm³/mol. The molecule has 24 heavy (non-hydrogen) atoms. The lowest BCUT2D eigenvalue weighted by Gasteiger charge is -2.16. The topological polar surface area (TPSA) is 46.4 Å². The van der Waals surface area contributed by atoms with E-state index >= 15 is 0 Å². The van der Waals surface area contributed by atoms with Gasteiger partial charge >= 0.3 is 0 Å². The van der Waals surface area contributed by atoms with Gasteiger partial charge in [0.2, 0.25) is 6.04 Å². The molecule has 1 aromatic rings. The van der Waals surface area contributed by atoms with Crippen molar-refractivity contribution in [3.8, 4) is 0 Å². The molecular formula is C20H24N2O2. The first kappa shape index (κ1) is 16.7. The molecule has 3 rings (SSSR count). The molecule has 1 heterocycles. The van der Waals surface area contributed by atoms with E-state index in [0.29, 0.717) is 6.54 Å². The van der Waals surface area contributed by atoms with Crippen LogP contribution in [0, 0.1) is 21.4 Å². The second-order valence-corrected chi connectivity index (χ2v) is 7.32. The third-order valence-electron chi connectivity index (χ3n) is 4.83. The fourth-order valence-electron chi connectivity index (χ4n) is 3.45. The Hall–Kier alpha value is -2.20. The minimum Gasteiger partial charge on any atom is -0.292 e. The van der Waals surface area contributed by atoms with E-state index in [0.717, 1.165) is 18.7 Å². The molecule has 4 heteroatoms. The Morgan fingerprint density at radius 1 is 1.21 bits per heavy atom. The van der Waals surface area contributed by atoms with Gasteiger partial charge in [0.25, 0.3) is 0 Å². The summed E-state index contributed by atoms with van der Waals surface area (Å²) < 4.78 is 0. The summed E-state index contributed by atoms with van der Waals surface area (Å²) in [5.74, 6) is -0.0569. The zero-order chi connectivity index (χ0) is 17.2.